The predicted octanol–water partition coefficient (Wildman–Crippen LogP) is 4.43. The number of nitrogens with one attached hydrogen (secondary N) is 3. The predicted molar refractivity (Wildman–Crippen MR) is 118 cm³/mol. The largest absolute Gasteiger partial charge is 0.382 e. The van der Waals surface area contributed by atoms with Gasteiger partial charge in [-0.1, -0.05) is 13.0 Å². The number of rotatable bonds is 6. The van der Waals surface area contributed by atoms with Crippen molar-refractivity contribution in [2.24, 2.45) is 4.99 Å². The summed E-state index contributed by atoms with van der Waals surface area (Å²) in [5.41, 5.74) is 2.80. The first-order chi connectivity index (χ1) is 13.9. The van der Waals surface area contributed by atoms with Crippen molar-refractivity contribution in [1.29, 1.82) is 5.41 Å². The second-order valence-electron chi connectivity index (χ2n) is 7.76. The van der Waals surface area contributed by atoms with Crippen molar-refractivity contribution in [3.63, 3.8) is 0 Å². The number of carbonyl (C=O) groups is 1. The molecule has 3 rings (SSSR count). The Labute approximate surface area is 173 Å². The zero-order valence-corrected chi connectivity index (χ0v) is 17.5. The smallest absolute Gasteiger partial charge is 0.322 e. The number of amidine groups is 1. The number of ether oxygens (including phenoxy) is 1. The van der Waals surface area contributed by atoms with Crippen LogP contribution in [0.2, 0.25) is 0 Å². The number of hydrogen-bond acceptors (Lipinski definition) is 3. The molecule has 1 fully saturated rings. The Bertz CT molecular complexity index is 912. The highest BCUT2D eigenvalue weighted by Gasteiger charge is 2.50. The van der Waals surface area contributed by atoms with Gasteiger partial charge < -0.3 is 19.9 Å². The SMILES string of the molecule is CCC1CC(C)(COC)N1C(=O)Nc1ccc(C)c(C(=N)N=Cc2ccc[nH]2)c1.[HH]. The lowest BCUT2D eigenvalue weighted by molar-refractivity contribution is -0.0624. The summed E-state index contributed by atoms with van der Waals surface area (Å²) in [5, 5.41) is 11.3. The Morgan fingerprint density at radius 2 is 2.31 bits per heavy atom. The number of benzene rings is 1. The summed E-state index contributed by atoms with van der Waals surface area (Å²) in [5.74, 6) is 0.146. The zero-order chi connectivity index (χ0) is 21.0. The number of hydrogen-bond donors (Lipinski definition) is 3. The van der Waals surface area contributed by atoms with Crippen LogP contribution in [0.5, 0.6) is 0 Å². The van der Waals surface area contributed by atoms with Crippen LogP contribution < -0.4 is 5.32 Å². The third-order valence-electron chi connectivity index (χ3n) is 5.47. The highest BCUT2D eigenvalue weighted by atomic mass is 16.5. The number of nitrogens with zero attached hydrogens (tertiary/aromatic N) is 2. The number of carbonyl (C=O) groups excluding carboxylic acids is 1. The van der Waals surface area contributed by atoms with Gasteiger partial charge in [-0.15, -0.1) is 0 Å². The van der Waals surface area contributed by atoms with E-state index in [-0.39, 0.29) is 24.9 Å². The summed E-state index contributed by atoms with van der Waals surface area (Å²) in [6, 6.07) is 9.38. The number of urea groups is 1. The van der Waals surface area contributed by atoms with Gasteiger partial charge in [0.25, 0.3) is 0 Å². The lowest BCUT2D eigenvalue weighted by Crippen LogP contribution is -2.69. The van der Waals surface area contributed by atoms with Gasteiger partial charge in [0.15, 0.2) is 5.84 Å². The molecule has 0 saturated carbocycles. The van der Waals surface area contributed by atoms with E-state index in [9.17, 15) is 4.79 Å². The van der Waals surface area contributed by atoms with Gasteiger partial charge in [0.05, 0.1) is 24.1 Å². The molecule has 1 saturated heterocycles. The summed E-state index contributed by atoms with van der Waals surface area (Å²) < 4.78 is 5.33. The van der Waals surface area contributed by atoms with E-state index in [1.54, 1.807) is 19.4 Å². The van der Waals surface area contributed by atoms with E-state index in [1.807, 2.05) is 49.2 Å². The van der Waals surface area contributed by atoms with E-state index in [0.717, 1.165) is 24.1 Å². The van der Waals surface area contributed by atoms with Gasteiger partial charge in [-0.25, -0.2) is 9.79 Å². The molecule has 2 aromatic rings. The molecule has 1 aromatic heterocycles. The van der Waals surface area contributed by atoms with Crippen molar-refractivity contribution < 1.29 is 11.0 Å². The van der Waals surface area contributed by atoms with E-state index in [4.69, 9.17) is 10.1 Å². The number of aromatic amines is 1. The van der Waals surface area contributed by atoms with Crippen LogP contribution in [0.4, 0.5) is 10.5 Å². The number of aryl methyl sites for hydroxylation is 1. The van der Waals surface area contributed by atoms with Gasteiger partial charge in [-0.3, -0.25) is 5.41 Å². The number of aliphatic imine (C=N–C) groups is 1. The van der Waals surface area contributed by atoms with E-state index in [2.05, 4.69) is 22.2 Å². The first-order valence-corrected chi connectivity index (χ1v) is 9.84. The Kier molecular flexibility index (Phi) is 6.17. The molecule has 7 nitrogen and oxygen atoms in total. The van der Waals surface area contributed by atoms with Crippen LogP contribution in [0.15, 0.2) is 41.5 Å². The lowest BCUT2D eigenvalue weighted by atomic mass is 9.79. The second-order valence-corrected chi connectivity index (χ2v) is 7.76. The fourth-order valence-electron chi connectivity index (χ4n) is 3.97. The molecular formula is C22H31N5O2. The van der Waals surface area contributed by atoms with Gasteiger partial charge in [0, 0.05) is 32.0 Å². The maximum absolute atomic E-state index is 13.0. The van der Waals surface area contributed by atoms with Crippen molar-refractivity contribution in [1.82, 2.24) is 9.88 Å². The molecule has 1 aliphatic heterocycles. The molecule has 0 bridgehead atoms. The molecule has 7 heteroatoms. The van der Waals surface area contributed by atoms with Crippen molar-refractivity contribution >= 4 is 23.8 Å². The minimum absolute atomic E-state index is 0. The monoisotopic (exact) mass is 397 g/mol. The van der Waals surface area contributed by atoms with Gasteiger partial charge in [0.1, 0.15) is 0 Å². The maximum Gasteiger partial charge on any atom is 0.322 e. The van der Waals surface area contributed by atoms with Crippen LogP contribution in [0.25, 0.3) is 0 Å². The van der Waals surface area contributed by atoms with E-state index >= 15 is 0 Å². The Morgan fingerprint density at radius 1 is 1.52 bits per heavy atom. The first kappa shape index (κ1) is 20.8. The first-order valence-electron chi connectivity index (χ1n) is 9.84. The Morgan fingerprint density at radius 3 is 2.97 bits per heavy atom. The van der Waals surface area contributed by atoms with E-state index in [1.165, 1.54) is 0 Å². The number of aromatic nitrogens is 1. The Balaban J connectivity index is 0.00000320. The highest BCUT2D eigenvalue weighted by Crippen LogP contribution is 2.38. The number of H-pyrrole nitrogens is 1. The van der Waals surface area contributed by atoms with Crippen LogP contribution >= 0.6 is 0 Å². The molecule has 2 heterocycles. The summed E-state index contributed by atoms with van der Waals surface area (Å²) in [7, 11) is 1.66. The molecule has 1 aliphatic rings. The van der Waals surface area contributed by atoms with Crippen LogP contribution in [0, 0.1) is 12.3 Å². The fraction of sp³-hybridized carbons (Fsp3) is 0.409. The third kappa shape index (κ3) is 4.40. The van der Waals surface area contributed by atoms with Crippen LogP contribution in [0.1, 0.15) is 44.9 Å². The number of anilines is 1. The quantitative estimate of drug-likeness (QED) is 0.497. The van der Waals surface area contributed by atoms with E-state index < -0.39 is 0 Å². The summed E-state index contributed by atoms with van der Waals surface area (Å²) >= 11 is 0. The number of methoxy groups -OCH3 is 1. The van der Waals surface area contributed by atoms with Gasteiger partial charge in [0.2, 0.25) is 0 Å². The minimum Gasteiger partial charge on any atom is -0.382 e. The van der Waals surface area contributed by atoms with Gasteiger partial charge in [-0.05, 0) is 56.5 Å². The van der Waals surface area contributed by atoms with Gasteiger partial charge in [-0.2, -0.15) is 0 Å². The molecule has 2 amide bonds. The Hall–Kier alpha value is -2.93. The fourth-order valence-corrected chi connectivity index (χ4v) is 3.97. The highest BCUT2D eigenvalue weighted by molar-refractivity contribution is 6.05. The molecular weight excluding hydrogens is 366 g/mol. The summed E-state index contributed by atoms with van der Waals surface area (Å²) in [4.78, 5) is 22.1. The van der Waals surface area contributed by atoms with E-state index in [0.29, 0.717) is 17.9 Å². The summed E-state index contributed by atoms with van der Waals surface area (Å²) in [6.07, 6.45) is 5.27. The molecule has 2 atom stereocenters. The molecule has 29 heavy (non-hydrogen) atoms. The zero-order valence-electron chi connectivity index (χ0n) is 17.5. The number of likely N-dealkylation sites (tertiary alicyclic amines) is 1. The number of amides is 2. The van der Waals surface area contributed by atoms with Gasteiger partial charge >= 0.3 is 6.03 Å². The molecule has 0 spiro atoms. The maximum atomic E-state index is 13.0. The molecule has 0 aliphatic carbocycles. The minimum atomic E-state index is -0.292. The average Bonchev–Trinajstić information content (AvgIpc) is 3.19. The van der Waals surface area contributed by atoms with Crippen molar-refractivity contribution in [2.75, 3.05) is 19.0 Å². The van der Waals surface area contributed by atoms with Crippen LogP contribution in [-0.2, 0) is 4.74 Å². The molecule has 0 radical (unpaired) electrons. The molecule has 1 aromatic carbocycles. The average molecular weight is 398 g/mol. The van der Waals surface area contributed by atoms with Crippen LogP contribution in [-0.4, -0.2) is 53.3 Å². The van der Waals surface area contributed by atoms with Crippen LogP contribution in [0.3, 0.4) is 0 Å². The molecule has 156 valence electrons. The summed E-state index contributed by atoms with van der Waals surface area (Å²) in [6.45, 7) is 6.57. The second kappa shape index (κ2) is 8.61. The lowest BCUT2D eigenvalue weighted by Gasteiger charge is -2.56. The third-order valence-corrected chi connectivity index (χ3v) is 5.47. The van der Waals surface area contributed by atoms with Crippen molar-refractivity contribution in [2.45, 2.75) is 45.2 Å². The molecule has 2 unspecified atom stereocenters. The topological polar surface area (TPSA) is 93.6 Å². The van der Waals surface area contributed by atoms with Crippen molar-refractivity contribution in [3.05, 3.63) is 53.3 Å². The normalized spacial score (nSPS) is 21.2. The molecule has 3 N–H and O–H groups in total. The standard InChI is InChI=1S/C22H29N5O2.H2/c1-5-18-12-22(3,14-29-4)27(18)21(28)26-16-9-8-15(2)19(11-16)20(23)25-13-17-7-6-10-24-17;/h6-11,13,18,23-24H,5,12,14H2,1-4H3,(H,26,28);1H. The van der Waals surface area contributed by atoms with Crippen molar-refractivity contribution in [3.8, 4) is 0 Å².